The fourth-order valence-corrected chi connectivity index (χ4v) is 1.88. The summed E-state index contributed by atoms with van der Waals surface area (Å²) in [6.07, 6.45) is -0.345. The number of carbonyl (C=O) groups excluding carboxylic acids is 1. The van der Waals surface area contributed by atoms with Gasteiger partial charge in [-0.25, -0.2) is 4.79 Å². The largest absolute Gasteiger partial charge is 0.496 e. The predicted molar refractivity (Wildman–Crippen MR) is 84.3 cm³/mol. The number of nitrogens with zero attached hydrogens (tertiary/aromatic N) is 1. The number of anilines is 1. The Balaban J connectivity index is 2.99. The van der Waals surface area contributed by atoms with Gasteiger partial charge in [-0.3, -0.25) is 0 Å². The summed E-state index contributed by atoms with van der Waals surface area (Å²) in [5, 5.41) is 0. The second-order valence-corrected chi connectivity index (χ2v) is 6.27. The van der Waals surface area contributed by atoms with Crippen molar-refractivity contribution in [2.75, 3.05) is 12.8 Å². The zero-order valence-corrected chi connectivity index (χ0v) is 13.8. The third kappa shape index (κ3) is 5.17. The molecular formula is C16H26N2O3. The van der Waals surface area contributed by atoms with Gasteiger partial charge in [0.25, 0.3) is 0 Å². The number of benzene rings is 1. The second-order valence-electron chi connectivity index (χ2n) is 6.27. The van der Waals surface area contributed by atoms with E-state index in [1.807, 2.05) is 40.7 Å². The fraction of sp³-hybridized carbons (Fsp3) is 0.562. The SMILES string of the molecule is COc1ccc(N)cc1CN(C(=O)OC(C)(C)C)C(C)C. The molecular weight excluding hydrogens is 268 g/mol. The van der Waals surface area contributed by atoms with Crippen LogP contribution >= 0.6 is 0 Å². The molecule has 0 heterocycles. The molecule has 0 saturated heterocycles. The Morgan fingerprint density at radius 1 is 1.33 bits per heavy atom. The Bertz CT molecular complexity index is 493. The lowest BCUT2D eigenvalue weighted by atomic mass is 10.1. The van der Waals surface area contributed by atoms with Gasteiger partial charge in [0.05, 0.1) is 13.7 Å². The molecule has 0 spiro atoms. The third-order valence-electron chi connectivity index (χ3n) is 2.90. The van der Waals surface area contributed by atoms with Gasteiger partial charge in [0.15, 0.2) is 0 Å². The quantitative estimate of drug-likeness (QED) is 0.864. The number of hydrogen-bond donors (Lipinski definition) is 1. The van der Waals surface area contributed by atoms with Gasteiger partial charge in [0.1, 0.15) is 11.4 Å². The van der Waals surface area contributed by atoms with Crippen LogP contribution in [0.15, 0.2) is 18.2 Å². The summed E-state index contributed by atoms with van der Waals surface area (Å²) in [6.45, 7) is 9.84. The van der Waals surface area contributed by atoms with E-state index in [1.165, 1.54) is 0 Å². The average molecular weight is 294 g/mol. The van der Waals surface area contributed by atoms with Gasteiger partial charge in [-0.1, -0.05) is 0 Å². The number of ether oxygens (including phenoxy) is 2. The smallest absolute Gasteiger partial charge is 0.410 e. The summed E-state index contributed by atoms with van der Waals surface area (Å²) in [5.74, 6) is 0.707. The molecule has 0 aliphatic carbocycles. The van der Waals surface area contributed by atoms with Crippen LogP contribution in [0.1, 0.15) is 40.2 Å². The molecule has 1 aromatic carbocycles. The van der Waals surface area contributed by atoms with Crippen LogP contribution in [0.4, 0.5) is 10.5 Å². The number of methoxy groups -OCH3 is 1. The molecule has 0 atom stereocenters. The lowest BCUT2D eigenvalue weighted by Gasteiger charge is -2.30. The van der Waals surface area contributed by atoms with E-state index in [2.05, 4.69) is 0 Å². The van der Waals surface area contributed by atoms with Gasteiger partial charge in [-0.05, 0) is 52.8 Å². The molecule has 1 rings (SSSR count). The monoisotopic (exact) mass is 294 g/mol. The molecule has 0 fully saturated rings. The minimum atomic E-state index is -0.524. The first-order chi connectivity index (χ1) is 9.64. The van der Waals surface area contributed by atoms with Gasteiger partial charge < -0.3 is 20.1 Å². The van der Waals surface area contributed by atoms with Crippen molar-refractivity contribution in [2.24, 2.45) is 0 Å². The van der Waals surface area contributed by atoms with Crippen LogP contribution < -0.4 is 10.5 Å². The first-order valence-electron chi connectivity index (χ1n) is 7.06. The maximum Gasteiger partial charge on any atom is 0.410 e. The van der Waals surface area contributed by atoms with Crippen LogP contribution in [-0.4, -0.2) is 29.7 Å². The predicted octanol–water partition coefficient (Wildman–Crippen LogP) is 3.42. The van der Waals surface area contributed by atoms with E-state index < -0.39 is 5.60 Å². The van der Waals surface area contributed by atoms with Crippen LogP contribution in [0.3, 0.4) is 0 Å². The first-order valence-corrected chi connectivity index (χ1v) is 7.06. The van der Waals surface area contributed by atoms with Crippen LogP contribution in [-0.2, 0) is 11.3 Å². The van der Waals surface area contributed by atoms with E-state index >= 15 is 0 Å². The minimum absolute atomic E-state index is 0.00554. The van der Waals surface area contributed by atoms with Crippen molar-refractivity contribution in [2.45, 2.75) is 52.8 Å². The highest BCUT2D eigenvalue weighted by molar-refractivity contribution is 5.68. The zero-order valence-electron chi connectivity index (χ0n) is 13.8. The Labute approximate surface area is 127 Å². The zero-order chi connectivity index (χ0) is 16.2. The van der Waals surface area contributed by atoms with E-state index in [0.29, 0.717) is 18.0 Å². The third-order valence-corrected chi connectivity index (χ3v) is 2.90. The van der Waals surface area contributed by atoms with Crippen molar-refractivity contribution in [3.63, 3.8) is 0 Å². The number of carbonyl (C=O) groups is 1. The maximum absolute atomic E-state index is 12.3. The molecule has 0 radical (unpaired) electrons. The van der Waals surface area contributed by atoms with Crippen LogP contribution in [0.2, 0.25) is 0 Å². The van der Waals surface area contributed by atoms with Crippen molar-refractivity contribution in [1.82, 2.24) is 4.90 Å². The van der Waals surface area contributed by atoms with Crippen molar-refractivity contribution < 1.29 is 14.3 Å². The Morgan fingerprint density at radius 3 is 2.43 bits per heavy atom. The molecule has 0 bridgehead atoms. The molecule has 0 saturated carbocycles. The number of nitrogens with two attached hydrogens (primary N) is 1. The van der Waals surface area contributed by atoms with Crippen molar-refractivity contribution in [3.05, 3.63) is 23.8 Å². The molecule has 5 nitrogen and oxygen atoms in total. The first kappa shape index (κ1) is 17.1. The molecule has 0 aliphatic heterocycles. The highest BCUT2D eigenvalue weighted by Gasteiger charge is 2.25. The van der Waals surface area contributed by atoms with E-state index in [0.717, 1.165) is 5.56 Å². The summed E-state index contributed by atoms with van der Waals surface area (Å²) < 4.78 is 10.8. The molecule has 1 amide bonds. The summed E-state index contributed by atoms with van der Waals surface area (Å²) in [5.41, 5.74) is 6.79. The second kappa shape index (κ2) is 6.70. The molecule has 2 N–H and O–H groups in total. The topological polar surface area (TPSA) is 64.8 Å². The lowest BCUT2D eigenvalue weighted by molar-refractivity contribution is 0.0171. The van der Waals surface area contributed by atoms with Crippen molar-refractivity contribution in [1.29, 1.82) is 0 Å². The highest BCUT2D eigenvalue weighted by atomic mass is 16.6. The minimum Gasteiger partial charge on any atom is -0.496 e. The van der Waals surface area contributed by atoms with Gasteiger partial charge in [-0.15, -0.1) is 0 Å². The van der Waals surface area contributed by atoms with Crippen LogP contribution in [0.25, 0.3) is 0 Å². The van der Waals surface area contributed by atoms with E-state index in [9.17, 15) is 4.79 Å². The number of hydrogen-bond acceptors (Lipinski definition) is 4. The number of amides is 1. The Kier molecular flexibility index (Phi) is 5.47. The molecule has 0 unspecified atom stereocenters. The summed E-state index contributed by atoms with van der Waals surface area (Å²) >= 11 is 0. The highest BCUT2D eigenvalue weighted by Crippen LogP contribution is 2.24. The molecule has 1 aromatic rings. The summed E-state index contributed by atoms with van der Waals surface area (Å²) in [7, 11) is 1.60. The summed E-state index contributed by atoms with van der Waals surface area (Å²) in [6, 6.07) is 5.40. The Morgan fingerprint density at radius 2 is 1.95 bits per heavy atom. The maximum atomic E-state index is 12.3. The standard InChI is InChI=1S/C16H26N2O3/c1-11(2)18(15(19)21-16(3,4)5)10-12-9-13(17)7-8-14(12)20-6/h7-9,11H,10,17H2,1-6H3. The normalized spacial score (nSPS) is 11.4. The lowest BCUT2D eigenvalue weighted by Crippen LogP contribution is -2.40. The van der Waals surface area contributed by atoms with Gasteiger partial charge in [-0.2, -0.15) is 0 Å². The van der Waals surface area contributed by atoms with Crippen LogP contribution in [0, 0.1) is 0 Å². The van der Waals surface area contributed by atoms with Gasteiger partial charge in [0, 0.05) is 17.3 Å². The van der Waals surface area contributed by atoms with E-state index in [-0.39, 0.29) is 12.1 Å². The summed E-state index contributed by atoms with van der Waals surface area (Å²) in [4.78, 5) is 14.0. The van der Waals surface area contributed by atoms with Gasteiger partial charge in [0.2, 0.25) is 0 Å². The molecule has 0 aromatic heterocycles. The van der Waals surface area contributed by atoms with E-state index in [4.69, 9.17) is 15.2 Å². The average Bonchev–Trinajstić information content (AvgIpc) is 2.33. The molecule has 21 heavy (non-hydrogen) atoms. The Hall–Kier alpha value is -1.91. The number of nitrogen functional groups attached to an aromatic ring is 1. The van der Waals surface area contributed by atoms with Crippen molar-refractivity contribution >= 4 is 11.8 Å². The van der Waals surface area contributed by atoms with Crippen LogP contribution in [0.5, 0.6) is 5.75 Å². The molecule has 5 heteroatoms. The molecule has 118 valence electrons. The fourth-order valence-electron chi connectivity index (χ4n) is 1.88. The van der Waals surface area contributed by atoms with E-state index in [1.54, 1.807) is 24.1 Å². The van der Waals surface area contributed by atoms with Gasteiger partial charge >= 0.3 is 6.09 Å². The molecule has 0 aliphatic rings. The number of rotatable bonds is 4. The van der Waals surface area contributed by atoms with Crippen molar-refractivity contribution in [3.8, 4) is 5.75 Å².